The number of aromatic amines is 1. The van der Waals surface area contributed by atoms with Crippen LogP contribution in [0.5, 0.6) is 0 Å². The molecule has 1 aliphatic rings. The molecule has 4 nitrogen and oxygen atoms in total. The van der Waals surface area contributed by atoms with Crippen molar-refractivity contribution >= 4 is 0 Å². The Kier molecular flexibility index (Phi) is 5.20. The summed E-state index contributed by atoms with van der Waals surface area (Å²) in [5.74, 6) is 0.689. The molecule has 1 saturated carbocycles. The van der Waals surface area contributed by atoms with E-state index in [1.54, 1.807) is 0 Å². The molecule has 1 aromatic rings. The zero-order valence-electron chi connectivity index (χ0n) is 11.4. The number of hydrogen-bond acceptors (Lipinski definition) is 3. The standard InChI is InChI=1S/C14H26N4/c1-11-13(10-17-18-11)6-4-8-16-14-7-3-2-5-12(14)9-15/h10,12,14,16H,2-9,15H2,1H3,(H,17,18). The van der Waals surface area contributed by atoms with Crippen LogP contribution in [0.3, 0.4) is 0 Å². The molecule has 1 fully saturated rings. The first-order valence-corrected chi connectivity index (χ1v) is 7.23. The molecule has 0 amide bonds. The average Bonchev–Trinajstić information content (AvgIpc) is 2.81. The van der Waals surface area contributed by atoms with Gasteiger partial charge in [-0.2, -0.15) is 5.10 Å². The van der Waals surface area contributed by atoms with E-state index >= 15 is 0 Å². The molecular weight excluding hydrogens is 224 g/mol. The van der Waals surface area contributed by atoms with Crippen LogP contribution in [0.4, 0.5) is 0 Å². The molecule has 102 valence electrons. The van der Waals surface area contributed by atoms with Crippen LogP contribution in [-0.4, -0.2) is 29.3 Å². The number of aromatic nitrogens is 2. The van der Waals surface area contributed by atoms with Crippen molar-refractivity contribution in [1.82, 2.24) is 15.5 Å². The Morgan fingerprint density at radius 1 is 1.44 bits per heavy atom. The Morgan fingerprint density at radius 3 is 3.00 bits per heavy atom. The van der Waals surface area contributed by atoms with Gasteiger partial charge in [-0.1, -0.05) is 12.8 Å². The molecule has 4 N–H and O–H groups in total. The summed E-state index contributed by atoms with van der Waals surface area (Å²) in [6, 6.07) is 0.647. The van der Waals surface area contributed by atoms with E-state index in [1.165, 1.54) is 43.4 Å². The third-order valence-electron chi connectivity index (χ3n) is 4.18. The van der Waals surface area contributed by atoms with Gasteiger partial charge in [0.05, 0.1) is 6.20 Å². The van der Waals surface area contributed by atoms with Crippen molar-refractivity contribution in [2.75, 3.05) is 13.1 Å². The SMILES string of the molecule is Cc1[nH]ncc1CCCNC1CCCCC1CN. The lowest BCUT2D eigenvalue weighted by Gasteiger charge is -2.31. The quantitative estimate of drug-likeness (QED) is 0.674. The Bertz CT molecular complexity index is 347. The summed E-state index contributed by atoms with van der Waals surface area (Å²) >= 11 is 0. The van der Waals surface area contributed by atoms with Crippen LogP contribution in [0.25, 0.3) is 0 Å². The summed E-state index contributed by atoms with van der Waals surface area (Å²) in [5, 5.41) is 10.7. The van der Waals surface area contributed by atoms with Crippen molar-refractivity contribution in [3.8, 4) is 0 Å². The Balaban J connectivity index is 1.67. The fraction of sp³-hybridized carbons (Fsp3) is 0.786. The number of H-pyrrole nitrogens is 1. The zero-order chi connectivity index (χ0) is 12.8. The van der Waals surface area contributed by atoms with E-state index in [1.807, 2.05) is 6.20 Å². The van der Waals surface area contributed by atoms with Crippen LogP contribution in [0, 0.1) is 12.8 Å². The minimum absolute atomic E-state index is 0.647. The molecule has 1 aliphatic carbocycles. The second-order valence-corrected chi connectivity index (χ2v) is 5.46. The molecule has 1 aromatic heterocycles. The minimum Gasteiger partial charge on any atom is -0.330 e. The van der Waals surface area contributed by atoms with Crippen LogP contribution >= 0.6 is 0 Å². The highest BCUT2D eigenvalue weighted by Gasteiger charge is 2.22. The molecule has 0 saturated heterocycles. The van der Waals surface area contributed by atoms with E-state index in [2.05, 4.69) is 22.4 Å². The smallest absolute Gasteiger partial charge is 0.0522 e. The van der Waals surface area contributed by atoms with Crippen LogP contribution in [0.15, 0.2) is 6.20 Å². The van der Waals surface area contributed by atoms with E-state index in [0.29, 0.717) is 12.0 Å². The van der Waals surface area contributed by atoms with Gasteiger partial charge in [0.2, 0.25) is 0 Å². The number of rotatable bonds is 6. The van der Waals surface area contributed by atoms with E-state index < -0.39 is 0 Å². The lowest BCUT2D eigenvalue weighted by atomic mass is 9.84. The number of hydrogen-bond donors (Lipinski definition) is 3. The molecule has 1 heterocycles. The normalized spacial score (nSPS) is 24.3. The van der Waals surface area contributed by atoms with E-state index in [4.69, 9.17) is 5.73 Å². The summed E-state index contributed by atoms with van der Waals surface area (Å²) in [7, 11) is 0. The number of nitrogens with two attached hydrogens (primary N) is 1. The van der Waals surface area contributed by atoms with E-state index in [9.17, 15) is 0 Å². The molecule has 4 heteroatoms. The predicted molar refractivity (Wildman–Crippen MR) is 74.4 cm³/mol. The van der Waals surface area contributed by atoms with Gasteiger partial charge in [-0.15, -0.1) is 0 Å². The molecule has 18 heavy (non-hydrogen) atoms. The molecule has 2 rings (SSSR count). The van der Waals surface area contributed by atoms with Gasteiger partial charge in [0.15, 0.2) is 0 Å². The third-order valence-corrected chi connectivity index (χ3v) is 4.18. The molecular formula is C14H26N4. The van der Waals surface area contributed by atoms with Gasteiger partial charge in [0.1, 0.15) is 0 Å². The fourth-order valence-corrected chi connectivity index (χ4v) is 2.95. The number of nitrogens with zero attached hydrogens (tertiary/aromatic N) is 1. The van der Waals surface area contributed by atoms with Crippen molar-refractivity contribution in [1.29, 1.82) is 0 Å². The van der Waals surface area contributed by atoms with Crippen LogP contribution < -0.4 is 11.1 Å². The molecule has 0 radical (unpaired) electrons. The highest BCUT2D eigenvalue weighted by Crippen LogP contribution is 2.23. The van der Waals surface area contributed by atoms with Crippen molar-refractivity contribution in [2.24, 2.45) is 11.7 Å². The van der Waals surface area contributed by atoms with Crippen molar-refractivity contribution in [3.63, 3.8) is 0 Å². The topological polar surface area (TPSA) is 66.7 Å². The van der Waals surface area contributed by atoms with E-state index in [0.717, 1.165) is 19.5 Å². The summed E-state index contributed by atoms with van der Waals surface area (Å²) < 4.78 is 0. The van der Waals surface area contributed by atoms with E-state index in [-0.39, 0.29) is 0 Å². The number of nitrogens with one attached hydrogen (secondary N) is 2. The van der Waals surface area contributed by atoms with Crippen LogP contribution in [0.2, 0.25) is 0 Å². The summed E-state index contributed by atoms with van der Waals surface area (Å²) in [6.07, 6.45) is 9.53. The number of aryl methyl sites for hydroxylation is 2. The summed E-state index contributed by atoms with van der Waals surface area (Å²) in [6.45, 7) is 4.01. The van der Waals surface area contributed by atoms with Crippen LogP contribution in [-0.2, 0) is 6.42 Å². The predicted octanol–water partition coefficient (Wildman–Crippen LogP) is 1.76. The lowest BCUT2D eigenvalue weighted by molar-refractivity contribution is 0.268. The van der Waals surface area contributed by atoms with Crippen LogP contribution in [0.1, 0.15) is 43.4 Å². The molecule has 2 atom stereocenters. The maximum Gasteiger partial charge on any atom is 0.0522 e. The Morgan fingerprint density at radius 2 is 2.28 bits per heavy atom. The molecule has 0 aliphatic heterocycles. The van der Waals surface area contributed by atoms with Crippen molar-refractivity contribution in [3.05, 3.63) is 17.5 Å². The lowest BCUT2D eigenvalue weighted by Crippen LogP contribution is -2.42. The molecule has 2 unspecified atom stereocenters. The second-order valence-electron chi connectivity index (χ2n) is 5.46. The average molecular weight is 250 g/mol. The fourth-order valence-electron chi connectivity index (χ4n) is 2.95. The minimum atomic E-state index is 0.647. The van der Waals surface area contributed by atoms with Gasteiger partial charge < -0.3 is 11.1 Å². The Hall–Kier alpha value is -0.870. The van der Waals surface area contributed by atoms with Crippen molar-refractivity contribution < 1.29 is 0 Å². The largest absolute Gasteiger partial charge is 0.330 e. The second kappa shape index (κ2) is 6.90. The van der Waals surface area contributed by atoms with Gasteiger partial charge in [0.25, 0.3) is 0 Å². The third kappa shape index (κ3) is 3.56. The molecule has 0 spiro atoms. The highest BCUT2D eigenvalue weighted by molar-refractivity contribution is 5.14. The molecule has 0 bridgehead atoms. The van der Waals surface area contributed by atoms with Gasteiger partial charge in [-0.25, -0.2) is 0 Å². The molecule has 0 aromatic carbocycles. The zero-order valence-corrected chi connectivity index (χ0v) is 11.4. The monoisotopic (exact) mass is 250 g/mol. The first kappa shape index (κ1) is 13.6. The van der Waals surface area contributed by atoms with Gasteiger partial charge in [-0.3, -0.25) is 5.10 Å². The van der Waals surface area contributed by atoms with Crippen molar-refractivity contribution in [2.45, 2.75) is 51.5 Å². The highest BCUT2D eigenvalue weighted by atomic mass is 15.1. The first-order valence-electron chi connectivity index (χ1n) is 7.23. The summed E-state index contributed by atoms with van der Waals surface area (Å²) in [5.41, 5.74) is 8.39. The van der Waals surface area contributed by atoms with Gasteiger partial charge in [0, 0.05) is 11.7 Å². The maximum atomic E-state index is 5.84. The van der Waals surface area contributed by atoms with Gasteiger partial charge in [-0.05, 0) is 57.2 Å². The van der Waals surface area contributed by atoms with Gasteiger partial charge >= 0.3 is 0 Å². The summed E-state index contributed by atoms with van der Waals surface area (Å²) in [4.78, 5) is 0. The maximum absolute atomic E-state index is 5.84. The first-order chi connectivity index (χ1) is 8.81. The Labute approximate surface area is 110 Å².